The molecule has 0 N–H and O–H groups in total. The van der Waals surface area contributed by atoms with Gasteiger partial charge in [0.25, 0.3) is 0 Å². The Morgan fingerprint density at radius 1 is 1.00 bits per heavy atom. The van der Waals surface area contributed by atoms with Gasteiger partial charge in [-0.25, -0.2) is 15.0 Å². The fourth-order valence-corrected chi connectivity index (χ4v) is 3.10. The molecule has 0 unspecified atom stereocenters. The molecule has 4 heterocycles. The molecular weight excluding hydrogens is 294 g/mol. The maximum absolute atomic E-state index is 4.61. The molecule has 5 nitrogen and oxygen atoms in total. The summed E-state index contributed by atoms with van der Waals surface area (Å²) < 4.78 is 1.06. The van der Waals surface area contributed by atoms with Gasteiger partial charge in [0.05, 0.1) is 10.9 Å². The third kappa shape index (κ3) is 2.33. The van der Waals surface area contributed by atoms with Gasteiger partial charge in [-0.3, -0.25) is 9.97 Å². The lowest BCUT2D eigenvalue weighted by Crippen LogP contribution is -1.92. The summed E-state index contributed by atoms with van der Waals surface area (Å²) in [5, 5.41) is 0.937. The molecule has 22 heavy (non-hydrogen) atoms. The second-order valence-corrected chi connectivity index (χ2v) is 5.85. The second kappa shape index (κ2) is 5.23. The Morgan fingerprint density at radius 2 is 1.95 bits per heavy atom. The molecule has 106 valence electrons. The first-order valence-electron chi connectivity index (χ1n) is 6.76. The SMILES string of the molecule is Cc1ccnc(-c2cc3sc(-c4cccnc4)nc3cn2)n1. The van der Waals surface area contributed by atoms with Gasteiger partial charge in [0.1, 0.15) is 16.2 Å². The molecule has 0 aliphatic carbocycles. The van der Waals surface area contributed by atoms with Crippen LogP contribution in [0.5, 0.6) is 0 Å². The van der Waals surface area contributed by atoms with E-state index < -0.39 is 0 Å². The fraction of sp³-hybridized carbons (Fsp3) is 0.0625. The van der Waals surface area contributed by atoms with E-state index >= 15 is 0 Å². The van der Waals surface area contributed by atoms with Crippen LogP contribution in [-0.4, -0.2) is 24.9 Å². The Balaban J connectivity index is 1.82. The molecule has 0 amide bonds. The quantitative estimate of drug-likeness (QED) is 0.567. The maximum Gasteiger partial charge on any atom is 0.178 e. The zero-order valence-electron chi connectivity index (χ0n) is 11.8. The summed E-state index contributed by atoms with van der Waals surface area (Å²) >= 11 is 1.62. The average Bonchev–Trinajstić information content (AvgIpc) is 2.99. The van der Waals surface area contributed by atoms with Crippen molar-refractivity contribution in [2.45, 2.75) is 6.92 Å². The summed E-state index contributed by atoms with van der Waals surface area (Å²) in [5.74, 6) is 0.637. The van der Waals surface area contributed by atoms with Crippen LogP contribution in [0.15, 0.2) is 49.1 Å². The van der Waals surface area contributed by atoms with Gasteiger partial charge in [-0.05, 0) is 31.2 Å². The molecule has 4 rings (SSSR count). The molecule has 0 radical (unpaired) electrons. The molecule has 0 saturated carbocycles. The first-order valence-corrected chi connectivity index (χ1v) is 7.58. The fourth-order valence-electron chi connectivity index (χ4n) is 2.14. The van der Waals surface area contributed by atoms with Crippen molar-refractivity contribution in [3.8, 4) is 22.1 Å². The van der Waals surface area contributed by atoms with Crippen LogP contribution in [0.3, 0.4) is 0 Å². The monoisotopic (exact) mass is 305 g/mol. The minimum atomic E-state index is 0.637. The van der Waals surface area contributed by atoms with Gasteiger partial charge in [0, 0.05) is 29.8 Å². The number of thiazole rings is 1. The Labute approximate surface area is 130 Å². The molecule has 0 bridgehead atoms. The van der Waals surface area contributed by atoms with Gasteiger partial charge in [0.2, 0.25) is 0 Å². The van der Waals surface area contributed by atoms with Crippen LogP contribution in [0.2, 0.25) is 0 Å². The van der Waals surface area contributed by atoms with E-state index in [2.05, 4.69) is 24.9 Å². The topological polar surface area (TPSA) is 64.5 Å². The number of pyridine rings is 2. The van der Waals surface area contributed by atoms with E-state index in [1.165, 1.54) is 0 Å². The molecule has 0 aliphatic heterocycles. The van der Waals surface area contributed by atoms with E-state index in [1.807, 2.05) is 37.4 Å². The lowest BCUT2D eigenvalue weighted by molar-refractivity contribution is 1.09. The van der Waals surface area contributed by atoms with Crippen molar-refractivity contribution in [3.05, 3.63) is 54.7 Å². The van der Waals surface area contributed by atoms with Gasteiger partial charge in [-0.2, -0.15) is 0 Å². The second-order valence-electron chi connectivity index (χ2n) is 4.82. The van der Waals surface area contributed by atoms with Gasteiger partial charge in [-0.15, -0.1) is 11.3 Å². The zero-order valence-corrected chi connectivity index (χ0v) is 12.6. The average molecular weight is 305 g/mol. The lowest BCUT2D eigenvalue weighted by Gasteiger charge is -1.99. The predicted molar refractivity (Wildman–Crippen MR) is 86.4 cm³/mol. The summed E-state index contributed by atoms with van der Waals surface area (Å²) in [5.41, 5.74) is 3.57. The van der Waals surface area contributed by atoms with Crippen molar-refractivity contribution in [2.24, 2.45) is 0 Å². The van der Waals surface area contributed by atoms with Crippen molar-refractivity contribution in [3.63, 3.8) is 0 Å². The van der Waals surface area contributed by atoms with E-state index in [0.717, 1.165) is 32.2 Å². The zero-order chi connectivity index (χ0) is 14.9. The molecule has 4 aromatic rings. The number of hydrogen-bond donors (Lipinski definition) is 0. The highest BCUT2D eigenvalue weighted by atomic mass is 32.1. The van der Waals surface area contributed by atoms with E-state index in [0.29, 0.717) is 5.82 Å². The number of fused-ring (bicyclic) bond motifs is 1. The third-order valence-corrected chi connectivity index (χ3v) is 4.27. The number of aromatic nitrogens is 5. The summed E-state index contributed by atoms with van der Waals surface area (Å²) in [6.07, 6.45) is 7.09. The summed E-state index contributed by atoms with van der Waals surface area (Å²) in [6, 6.07) is 7.77. The van der Waals surface area contributed by atoms with Crippen LogP contribution in [-0.2, 0) is 0 Å². The summed E-state index contributed by atoms with van der Waals surface area (Å²) in [7, 11) is 0. The first kappa shape index (κ1) is 13.0. The lowest BCUT2D eigenvalue weighted by atomic mass is 10.3. The van der Waals surface area contributed by atoms with Crippen LogP contribution in [0.25, 0.3) is 32.3 Å². The van der Waals surface area contributed by atoms with Crippen molar-refractivity contribution in [1.29, 1.82) is 0 Å². The van der Waals surface area contributed by atoms with Gasteiger partial charge in [-0.1, -0.05) is 0 Å². The van der Waals surface area contributed by atoms with Crippen LogP contribution >= 0.6 is 11.3 Å². The van der Waals surface area contributed by atoms with Gasteiger partial charge in [0.15, 0.2) is 5.82 Å². The van der Waals surface area contributed by atoms with Gasteiger partial charge < -0.3 is 0 Å². The van der Waals surface area contributed by atoms with Crippen LogP contribution in [0, 0.1) is 6.92 Å². The molecule has 4 aromatic heterocycles. The molecule has 0 spiro atoms. The minimum Gasteiger partial charge on any atom is -0.264 e. The highest BCUT2D eigenvalue weighted by molar-refractivity contribution is 7.21. The maximum atomic E-state index is 4.61. The Kier molecular flexibility index (Phi) is 3.08. The highest BCUT2D eigenvalue weighted by Gasteiger charge is 2.10. The highest BCUT2D eigenvalue weighted by Crippen LogP contribution is 2.30. The molecule has 0 atom stereocenters. The van der Waals surface area contributed by atoms with E-state index in [-0.39, 0.29) is 0 Å². The van der Waals surface area contributed by atoms with E-state index in [1.54, 1.807) is 29.9 Å². The summed E-state index contributed by atoms with van der Waals surface area (Å²) in [4.78, 5) is 21.9. The number of rotatable bonds is 2. The van der Waals surface area contributed by atoms with Crippen molar-refractivity contribution >= 4 is 21.6 Å². The number of nitrogens with zero attached hydrogens (tertiary/aromatic N) is 5. The van der Waals surface area contributed by atoms with Crippen molar-refractivity contribution in [1.82, 2.24) is 24.9 Å². The minimum absolute atomic E-state index is 0.637. The van der Waals surface area contributed by atoms with Crippen LogP contribution < -0.4 is 0 Å². The van der Waals surface area contributed by atoms with Crippen LogP contribution in [0.1, 0.15) is 5.69 Å². The third-order valence-electron chi connectivity index (χ3n) is 3.21. The Morgan fingerprint density at radius 3 is 2.77 bits per heavy atom. The molecular formula is C16H11N5S. The normalized spacial score (nSPS) is 11.0. The molecule has 0 aromatic carbocycles. The first-order chi connectivity index (χ1) is 10.8. The van der Waals surface area contributed by atoms with Gasteiger partial charge >= 0.3 is 0 Å². The van der Waals surface area contributed by atoms with Crippen LogP contribution in [0.4, 0.5) is 0 Å². The van der Waals surface area contributed by atoms with Crippen molar-refractivity contribution in [2.75, 3.05) is 0 Å². The number of aryl methyl sites for hydroxylation is 1. The summed E-state index contributed by atoms with van der Waals surface area (Å²) in [6.45, 7) is 1.94. The molecule has 0 fully saturated rings. The van der Waals surface area contributed by atoms with E-state index in [9.17, 15) is 0 Å². The standard InChI is InChI=1S/C16H11N5S/c1-10-4-6-18-15(20-10)12-7-14-13(9-19-12)21-16(22-14)11-3-2-5-17-8-11/h2-9H,1H3. The predicted octanol–water partition coefficient (Wildman–Crippen LogP) is 3.52. The molecule has 0 saturated heterocycles. The largest absolute Gasteiger partial charge is 0.264 e. The number of hydrogen-bond acceptors (Lipinski definition) is 6. The molecule has 6 heteroatoms. The Bertz CT molecular complexity index is 949. The Hall–Kier alpha value is -2.73. The van der Waals surface area contributed by atoms with E-state index in [4.69, 9.17) is 0 Å². The van der Waals surface area contributed by atoms with Crippen molar-refractivity contribution < 1.29 is 0 Å². The smallest absolute Gasteiger partial charge is 0.178 e. The molecule has 0 aliphatic rings.